The van der Waals surface area contributed by atoms with Gasteiger partial charge in [-0.05, 0) is 30.5 Å². The van der Waals surface area contributed by atoms with Crippen molar-refractivity contribution >= 4 is 17.9 Å². The summed E-state index contributed by atoms with van der Waals surface area (Å²) in [4.78, 5) is 34.4. The van der Waals surface area contributed by atoms with Crippen molar-refractivity contribution in [2.75, 3.05) is 19.8 Å². The first-order valence-corrected chi connectivity index (χ1v) is 8.11. The van der Waals surface area contributed by atoms with Crippen molar-refractivity contribution in [3.05, 3.63) is 29.8 Å². The van der Waals surface area contributed by atoms with Crippen LogP contribution in [0.3, 0.4) is 0 Å². The van der Waals surface area contributed by atoms with Gasteiger partial charge >= 0.3 is 18.2 Å². The zero-order valence-corrected chi connectivity index (χ0v) is 14.9. The molecule has 0 spiro atoms. The van der Waals surface area contributed by atoms with Crippen molar-refractivity contribution in [2.45, 2.75) is 26.4 Å². The van der Waals surface area contributed by atoms with E-state index in [0.29, 0.717) is 12.5 Å². The molecule has 3 amide bonds. The topological polar surface area (TPSA) is 93.7 Å². The standard InChI is InChI=1S/C17H21F3N2O5/c1-11(2)6-7-21-16(25)22-14(23)9-27-15(24)10-26-13-5-3-4-12(8-13)17(18,19)20/h3-5,8,11H,6-7,9-10H2,1-2H3,(H2,21,22,23,25). The van der Waals surface area contributed by atoms with Crippen molar-refractivity contribution in [1.29, 1.82) is 0 Å². The summed E-state index contributed by atoms with van der Waals surface area (Å²) in [5.74, 6) is -1.60. The van der Waals surface area contributed by atoms with Crippen LogP contribution in [0.5, 0.6) is 5.75 Å². The molecular weight excluding hydrogens is 369 g/mol. The van der Waals surface area contributed by atoms with E-state index in [2.05, 4.69) is 10.1 Å². The van der Waals surface area contributed by atoms with Gasteiger partial charge in [0.15, 0.2) is 13.2 Å². The fourth-order valence-corrected chi connectivity index (χ4v) is 1.77. The number of halogens is 3. The third-order valence-corrected chi connectivity index (χ3v) is 3.14. The Hall–Kier alpha value is -2.78. The Morgan fingerprint density at radius 2 is 1.85 bits per heavy atom. The highest BCUT2D eigenvalue weighted by Crippen LogP contribution is 2.31. The van der Waals surface area contributed by atoms with Crippen molar-refractivity contribution in [2.24, 2.45) is 5.92 Å². The maximum absolute atomic E-state index is 12.6. The summed E-state index contributed by atoms with van der Waals surface area (Å²) in [7, 11) is 0. The molecule has 27 heavy (non-hydrogen) atoms. The summed E-state index contributed by atoms with van der Waals surface area (Å²) in [5.41, 5.74) is -0.920. The first kappa shape index (κ1) is 22.3. The fourth-order valence-electron chi connectivity index (χ4n) is 1.77. The highest BCUT2D eigenvalue weighted by atomic mass is 19.4. The number of rotatable bonds is 8. The van der Waals surface area contributed by atoms with E-state index in [0.717, 1.165) is 24.6 Å². The van der Waals surface area contributed by atoms with Crippen LogP contribution in [0, 0.1) is 5.92 Å². The number of hydrogen-bond donors (Lipinski definition) is 2. The van der Waals surface area contributed by atoms with Crippen LogP contribution in [0.25, 0.3) is 0 Å². The second-order valence-electron chi connectivity index (χ2n) is 5.96. The summed E-state index contributed by atoms with van der Waals surface area (Å²) in [6.07, 6.45) is -3.79. The molecule has 2 N–H and O–H groups in total. The summed E-state index contributed by atoms with van der Waals surface area (Å²) in [6, 6.07) is 3.27. The zero-order chi connectivity index (χ0) is 20.4. The molecule has 0 bridgehead atoms. The van der Waals surface area contributed by atoms with Gasteiger partial charge in [-0.2, -0.15) is 13.2 Å². The number of carbonyl (C=O) groups excluding carboxylic acids is 3. The summed E-state index contributed by atoms with van der Waals surface area (Å²) in [5, 5.41) is 4.44. The van der Waals surface area contributed by atoms with Gasteiger partial charge in [0.2, 0.25) is 0 Å². The second kappa shape index (κ2) is 10.4. The van der Waals surface area contributed by atoms with Crippen LogP contribution in [-0.2, 0) is 20.5 Å². The maximum atomic E-state index is 12.6. The molecule has 0 aliphatic rings. The number of benzene rings is 1. The number of alkyl halides is 3. The number of nitrogens with one attached hydrogen (secondary N) is 2. The lowest BCUT2D eigenvalue weighted by molar-refractivity contribution is -0.150. The van der Waals surface area contributed by atoms with E-state index in [9.17, 15) is 27.6 Å². The van der Waals surface area contributed by atoms with Gasteiger partial charge in [-0.3, -0.25) is 10.1 Å². The SMILES string of the molecule is CC(C)CCNC(=O)NC(=O)COC(=O)COc1cccc(C(F)(F)F)c1. The highest BCUT2D eigenvalue weighted by molar-refractivity contribution is 5.95. The van der Waals surface area contributed by atoms with Crippen LogP contribution in [0.4, 0.5) is 18.0 Å². The number of esters is 1. The number of ether oxygens (including phenoxy) is 2. The van der Waals surface area contributed by atoms with Gasteiger partial charge in [-0.1, -0.05) is 19.9 Å². The Morgan fingerprint density at radius 1 is 1.15 bits per heavy atom. The van der Waals surface area contributed by atoms with Gasteiger partial charge in [-0.25, -0.2) is 9.59 Å². The van der Waals surface area contributed by atoms with Crippen molar-refractivity contribution < 1.29 is 37.0 Å². The summed E-state index contributed by atoms with van der Waals surface area (Å²) >= 11 is 0. The molecule has 0 aliphatic heterocycles. The lowest BCUT2D eigenvalue weighted by atomic mass is 10.1. The third-order valence-electron chi connectivity index (χ3n) is 3.14. The molecule has 0 heterocycles. The Morgan fingerprint density at radius 3 is 2.48 bits per heavy atom. The number of hydrogen-bond acceptors (Lipinski definition) is 5. The van der Waals surface area contributed by atoms with E-state index in [1.54, 1.807) is 0 Å². The molecule has 1 rings (SSSR count). The van der Waals surface area contributed by atoms with E-state index < -0.39 is 42.9 Å². The van der Waals surface area contributed by atoms with E-state index in [1.165, 1.54) is 6.07 Å². The van der Waals surface area contributed by atoms with Crippen molar-refractivity contribution in [3.63, 3.8) is 0 Å². The molecule has 1 aromatic rings. The monoisotopic (exact) mass is 390 g/mol. The first-order chi connectivity index (χ1) is 12.6. The van der Waals surface area contributed by atoms with Gasteiger partial charge in [0.25, 0.3) is 5.91 Å². The Balaban J connectivity index is 2.31. The molecule has 0 atom stereocenters. The zero-order valence-electron chi connectivity index (χ0n) is 14.9. The fraction of sp³-hybridized carbons (Fsp3) is 0.471. The normalized spacial score (nSPS) is 11.0. The quantitative estimate of drug-likeness (QED) is 0.666. The van der Waals surface area contributed by atoms with Crippen LogP contribution in [-0.4, -0.2) is 37.7 Å². The Labute approximate surface area is 154 Å². The lowest BCUT2D eigenvalue weighted by Gasteiger charge is -2.10. The second-order valence-corrected chi connectivity index (χ2v) is 5.96. The van der Waals surface area contributed by atoms with E-state index in [4.69, 9.17) is 4.74 Å². The smallest absolute Gasteiger partial charge is 0.416 e. The molecule has 0 aliphatic carbocycles. The minimum atomic E-state index is -4.53. The van der Waals surface area contributed by atoms with Gasteiger partial charge in [0, 0.05) is 6.54 Å². The highest BCUT2D eigenvalue weighted by Gasteiger charge is 2.30. The molecule has 10 heteroatoms. The van der Waals surface area contributed by atoms with Gasteiger partial charge in [0.05, 0.1) is 5.56 Å². The molecule has 0 saturated carbocycles. The van der Waals surface area contributed by atoms with Crippen LogP contribution in [0.1, 0.15) is 25.8 Å². The Bertz CT molecular complexity index is 662. The molecule has 0 unspecified atom stereocenters. The predicted molar refractivity (Wildman–Crippen MR) is 88.9 cm³/mol. The van der Waals surface area contributed by atoms with Gasteiger partial charge < -0.3 is 14.8 Å². The third kappa shape index (κ3) is 9.47. The Kier molecular flexibility index (Phi) is 8.57. The van der Waals surface area contributed by atoms with E-state index >= 15 is 0 Å². The first-order valence-electron chi connectivity index (χ1n) is 8.11. The largest absolute Gasteiger partial charge is 0.482 e. The molecular formula is C17H21F3N2O5. The number of urea groups is 1. The molecule has 0 radical (unpaired) electrons. The van der Waals surface area contributed by atoms with Crippen molar-refractivity contribution in [1.82, 2.24) is 10.6 Å². The summed E-state index contributed by atoms with van der Waals surface area (Å²) < 4.78 is 47.2. The number of imide groups is 1. The summed E-state index contributed by atoms with van der Waals surface area (Å²) in [6.45, 7) is 2.94. The van der Waals surface area contributed by atoms with Gasteiger partial charge in [0.1, 0.15) is 5.75 Å². The average Bonchev–Trinajstić information content (AvgIpc) is 2.57. The maximum Gasteiger partial charge on any atom is 0.416 e. The number of carbonyl (C=O) groups is 3. The van der Waals surface area contributed by atoms with Gasteiger partial charge in [-0.15, -0.1) is 0 Å². The molecule has 0 aromatic heterocycles. The average molecular weight is 390 g/mol. The van der Waals surface area contributed by atoms with Crippen LogP contribution in [0.2, 0.25) is 0 Å². The van der Waals surface area contributed by atoms with E-state index in [-0.39, 0.29) is 5.75 Å². The molecule has 0 fully saturated rings. The minimum absolute atomic E-state index is 0.171. The molecule has 7 nitrogen and oxygen atoms in total. The van der Waals surface area contributed by atoms with Crippen LogP contribution in [0.15, 0.2) is 24.3 Å². The molecule has 1 aromatic carbocycles. The van der Waals surface area contributed by atoms with Crippen molar-refractivity contribution in [3.8, 4) is 5.75 Å². The predicted octanol–water partition coefficient (Wildman–Crippen LogP) is 2.50. The van der Waals surface area contributed by atoms with E-state index in [1.807, 2.05) is 19.2 Å². The minimum Gasteiger partial charge on any atom is -0.482 e. The van der Waals surface area contributed by atoms with Crippen LogP contribution < -0.4 is 15.4 Å². The number of amides is 3. The molecule has 150 valence electrons. The molecule has 0 saturated heterocycles. The van der Waals surface area contributed by atoms with Crippen LogP contribution >= 0.6 is 0 Å². The lowest BCUT2D eigenvalue weighted by Crippen LogP contribution is -2.42.